The largest absolute Gasteiger partial charge is 0.480 e. The van der Waals surface area contributed by atoms with Crippen LogP contribution in [0.4, 0.5) is 4.39 Å². The van der Waals surface area contributed by atoms with E-state index in [1.165, 1.54) is 28.8 Å². The standard InChI is InChI=1S/C14H16FNO3S/c15-10-1-5-12(6-2-10)20-8-7-13(17)16(9-14(18)19)11-3-4-11/h1-2,5-6,11H,3-4,7-9H2,(H,18,19). The van der Waals surface area contributed by atoms with Crippen LogP contribution in [0.2, 0.25) is 0 Å². The lowest BCUT2D eigenvalue weighted by Gasteiger charge is -2.20. The first kappa shape index (κ1) is 14.8. The summed E-state index contributed by atoms with van der Waals surface area (Å²) in [5.41, 5.74) is 0. The molecule has 1 aliphatic carbocycles. The Morgan fingerprint density at radius 2 is 1.95 bits per heavy atom. The number of carboxylic acids is 1. The molecule has 1 N–H and O–H groups in total. The van der Waals surface area contributed by atoms with Gasteiger partial charge in [0.15, 0.2) is 0 Å². The zero-order valence-corrected chi connectivity index (χ0v) is 11.7. The molecule has 0 radical (unpaired) electrons. The number of hydrogen-bond donors (Lipinski definition) is 1. The first-order chi connectivity index (χ1) is 9.56. The number of carboxylic acid groups (broad SMARTS) is 1. The average Bonchev–Trinajstić information content (AvgIpc) is 3.22. The second-order valence-corrected chi connectivity index (χ2v) is 5.87. The number of benzene rings is 1. The van der Waals surface area contributed by atoms with Crippen molar-refractivity contribution in [2.24, 2.45) is 0 Å². The van der Waals surface area contributed by atoms with Gasteiger partial charge in [0.1, 0.15) is 12.4 Å². The van der Waals surface area contributed by atoms with Crippen molar-refractivity contribution in [1.29, 1.82) is 0 Å². The van der Waals surface area contributed by atoms with E-state index in [1.807, 2.05) is 0 Å². The highest BCUT2D eigenvalue weighted by Gasteiger charge is 2.33. The molecule has 1 saturated carbocycles. The molecular formula is C14H16FNO3S. The minimum Gasteiger partial charge on any atom is -0.480 e. The summed E-state index contributed by atoms with van der Waals surface area (Å²) in [4.78, 5) is 25.1. The molecule has 1 amide bonds. The molecule has 1 aliphatic rings. The maximum Gasteiger partial charge on any atom is 0.323 e. The van der Waals surface area contributed by atoms with Gasteiger partial charge in [-0.05, 0) is 37.1 Å². The third-order valence-electron chi connectivity index (χ3n) is 3.01. The van der Waals surface area contributed by atoms with Gasteiger partial charge in [0, 0.05) is 23.1 Å². The Labute approximate surface area is 121 Å². The molecule has 1 fully saturated rings. The predicted molar refractivity (Wildman–Crippen MR) is 74.1 cm³/mol. The molecule has 1 aromatic rings. The third-order valence-corrected chi connectivity index (χ3v) is 4.03. The van der Waals surface area contributed by atoms with Crippen LogP contribution in [0, 0.1) is 5.82 Å². The van der Waals surface area contributed by atoms with Crippen LogP contribution in [-0.4, -0.2) is 40.2 Å². The molecular weight excluding hydrogens is 281 g/mol. The van der Waals surface area contributed by atoms with Crippen molar-refractivity contribution >= 4 is 23.6 Å². The quantitative estimate of drug-likeness (QED) is 0.785. The minimum atomic E-state index is -0.976. The van der Waals surface area contributed by atoms with Crippen LogP contribution in [0.3, 0.4) is 0 Å². The Balaban J connectivity index is 1.78. The summed E-state index contributed by atoms with van der Waals surface area (Å²) in [6.07, 6.45) is 2.08. The van der Waals surface area contributed by atoms with Crippen molar-refractivity contribution in [3.05, 3.63) is 30.1 Å². The lowest BCUT2D eigenvalue weighted by molar-refractivity contribution is -0.144. The van der Waals surface area contributed by atoms with Gasteiger partial charge in [0.2, 0.25) is 5.91 Å². The number of aliphatic carboxylic acids is 1. The van der Waals surface area contributed by atoms with Crippen LogP contribution in [0.1, 0.15) is 19.3 Å². The van der Waals surface area contributed by atoms with Crippen LogP contribution < -0.4 is 0 Å². The molecule has 0 aliphatic heterocycles. The highest BCUT2D eigenvalue weighted by atomic mass is 32.2. The van der Waals surface area contributed by atoms with Crippen molar-refractivity contribution in [3.63, 3.8) is 0 Å². The average molecular weight is 297 g/mol. The van der Waals surface area contributed by atoms with E-state index in [2.05, 4.69) is 0 Å². The number of carbonyl (C=O) groups is 2. The van der Waals surface area contributed by atoms with Crippen LogP contribution in [0.5, 0.6) is 0 Å². The van der Waals surface area contributed by atoms with E-state index in [4.69, 9.17) is 5.11 Å². The number of rotatable bonds is 7. The molecule has 1 aromatic carbocycles. The highest BCUT2D eigenvalue weighted by molar-refractivity contribution is 7.99. The van der Waals surface area contributed by atoms with Gasteiger partial charge < -0.3 is 10.0 Å². The molecule has 0 saturated heterocycles. The topological polar surface area (TPSA) is 57.6 Å². The van der Waals surface area contributed by atoms with E-state index in [-0.39, 0.29) is 24.3 Å². The van der Waals surface area contributed by atoms with E-state index in [0.29, 0.717) is 12.2 Å². The number of hydrogen-bond acceptors (Lipinski definition) is 3. The van der Waals surface area contributed by atoms with Crippen LogP contribution in [0.15, 0.2) is 29.2 Å². The number of nitrogens with zero attached hydrogens (tertiary/aromatic N) is 1. The third kappa shape index (κ3) is 4.52. The van der Waals surface area contributed by atoms with Crippen molar-refractivity contribution in [2.75, 3.05) is 12.3 Å². The van der Waals surface area contributed by atoms with Crippen molar-refractivity contribution in [1.82, 2.24) is 4.90 Å². The van der Waals surface area contributed by atoms with Gasteiger partial charge in [-0.2, -0.15) is 0 Å². The zero-order valence-electron chi connectivity index (χ0n) is 10.9. The predicted octanol–water partition coefficient (Wildman–Crippen LogP) is 2.38. The number of carbonyl (C=O) groups excluding carboxylic acids is 1. The molecule has 4 nitrogen and oxygen atoms in total. The molecule has 2 rings (SSSR count). The molecule has 0 unspecified atom stereocenters. The second kappa shape index (κ2) is 6.74. The Kier molecular flexibility index (Phi) is 5.00. The van der Waals surface area contributed by atoms with Crippen molar-refractivity contribution in [2.45, 2.75) is 30.2 Å². The monoisotopic (exact) mass is 297 g/mol. The number of halogens is 1. The summed E-state index contributed by atoms with van der Waals surface area (Å²) in [5, 5.41) is 8.80. The fourth-order valence-electron chi connectivity index (χ4n) is 1.88. The number of amides is 1. The van der Waals surface area contributed by atoms with Crippen LogP contribution >= 0.6 is 11.8 Å². The molecule has 0 spiro atoms. The van der Waals surface area contributed by atoms with Gasteiger partial charge in [0.25, 0.3) is 0 Å². The van der Waals surface area contributed by atoms with Crippen LogP contribution in [-0.2, 0) is 9.59 Å². The smallest absolute Gasteiger partial charge is 0.323 e. The summed E-state index contributed by atoms with van der Waals surface area (Å²) < 4.78 is 12.7. The molecule has 20 heavy (non-hydrogen) atoms. The fourth-order valence-corrected chi connectivity index (χ4v) is 2.72. The second-order valence-electron chi connectivity index (χ2n) is 4.70. The van der Waals surface area contributed by atoms with Gasteiger partial charge in [-0.3, -0.25) is 9.59 Å². The van der Waals surface area contributed by atoms with Crippen molar-refractivity contribution < 1.29 is 19.1 Å². The lowest BCUT2D eigenvalue weighted by Crippen LogP contribution is -2.37. The van der Waals surface area contributed by atoms with E-state index in [1.54, 1.807) is 12.1 Å². The van der Waals surface area contributed by atoms with E-state index < -0.39 is 5.97 Å². The number of thioether (sulfide) groups is 1. The Morgan fingerprint density at radius 1 is 1.30 bits per heavy atom. The Bertz CT molecular complexity index is 488. The molecule has 108 valence electrons. The molecule has 0 bridgehead atoms. The summed E-state index contributed by atoms with van der Waals surface area (Å²) in [7, 11) is 0. The maximum atomic E-state index is 12.7. The lowest BCUT2D eigenvalue weighted by atomic mass is 10.3. The fraction of sp³-hybridized carbons (Fsp3) is 0.429. The van der Waals surface area contributed by atoms with Gasteiger partial charge in [0.05, 0.1) is 0 Å². The Hall–Kier alpha value is -1.56. The van der Waals surface area contributed by atoms with Crippen LogP contribution in [0.25, 0.3) is 0 Å². The molecule has 6 heteroatoms. The Morgan fingerprint density at radius 3 is 2.50 bits per heavy atom. The van der Waals surface area contributed by atoms with Gasteiger partial charge >= 0.3 is 5.97 Å². The van der Waals surface area contributed by atoms with Gasteiger partial charge in [-0.1, -0.05) is 0 Å². The van der Waals surface area contributed by atoms with E-state index in [9.17, 15) is 14.0 Å². The zero-order chi connectivity index (χ0) is 14.5. The first-order valence-electron chi connectivity index (χ1n) is 6.46. The maximum absolute atomic E-state index is 12.7. The van der Waals surface area contributed by atoms with E-state index in [0.717, 1.165) is 17.7 Å². The SMILES string of the molecule is O=C(O)CN(C(=O)CCSc1ccc(F)cc1)C1CC1. The molecule has 0 heterocycles. The summed E-state index contributed by atoms with van der Waals surface area (Å²) in [6.45, 7) is -0.218. The van der Waals surface area contributed by atoms with E-state index >= 15 is 0 Å². The molecule has 0 aromatic heterocycles. The summed E-state index contributed by atoms with van der Waals surface area (Å²) >= 11 is 1.46. The normalized spacial score (nSPS) is 14.1. The first-order valence-corrected chi connectivity index (χ1v) is 7.44. The molecule has 0 atom stereocenters. The summed E-state index contributed by atoms with van der Waals surface area (Å²) in [5.74, 6) is -0.819. The van der Waals surface area contributed by atoms with Crippen molar-refractivity contribution in [3.8, 4) is 0 Å². The van der Waals surface area contributed by atoms with Gasteiger partial charge in [-0.15, -0.1) is 11.8 Å². The summed E-state index contributed by atoms with van der Waals surface area (Å²) in [6, 6.07) is 6.20. The highest BCUT2D eigenvalue weighted by Crippen LogP contribution is 2.28. The minimum absolute atomic E-state index is 0.106. The van der Waals surface area contributed by atoms with Gasteiger partial charge in [-0.25, -0.2) is 4.39 Å².